The van der Waals surface area contributed by atoms with Crippen LogP contribution in [0.1, 0.15) is 32.2 Å². The number of hydrogen-bond donors (Lipinski definition) is 2. The lowest BCUT2D eigenvalue weighted by atomic mass is 9.86. The molecule has 0 spiro atoms. The van der Waals surface area contributed by atoms with Gasteiger partial charge in [-0.1, -0.05) is 6.07 Å². The van der Waals surface area contributed by atoms with Crippen LogP contribution in [-0.2, 0) is 0 Å². The van der Waals surface area contributed by atoms with Gasteiger partial charge in [-0.15, -0.1) is 0 Å². The van der Waals surface area contributed by atoms with E-state index in [9.17, 15) is 9.59 Å². The zero-order valence-corrected chi connectivity index (χ0v) is 11.8. The molecule has 0 radical (unpaired) electrons. The molecule has 2 heterocycles. The van der Waals surface area contributed by atoms with Crippen molar-refractivity contribution >= 4 is 11.8 Å². The van der Waals surface area contributed by atoms with Crippen LogP contribution in [0.15, 0.2) is 18.2 Å². The molecular weight excluding hydrogens is 254 g/mol. The summed E-state index contributed by atoms with van der Waals surface area (Å²) in [7, 11) is 3.70. The first-order valence-electron chi connectivity index (χ1n) is 6.93. The number of benzene rings is 1. The highest BCUT2D eigenvalue weighted by Gasteiger charge is 2.36. The number of carbonyl (C=O) groups excluding carboxylic acids is 2. The summed E-state index contributed by atoms with van der Waals surface area (Å²) in [6.07, 6.45) is 0. The monoisotopic (exact) mass is 273 g/mol. The van der Waals surface area contributed by atoms with Crippen molar-refractivity contribution in [3.05, 3.63) is 34.9 Å². The van der Waals surface area contributed by atoms with Crippen LogP contribution in [0.5, 0.6) is 0 Å². The second kappa shape index (κ2) is 4.90. The van der Waals surface area contributed by atoms with Crippen molar-refractivity contribution < 1.29 is 9.59 Å². The first kappa shape index (κ1) is 13.1. The average molecular weight is 273 g/mol. The molecule has 1 fully saturated rings. The molecular formula is C15H19N3O2. The highest BCUT2D eigenvalue weighted by atomic mass is 16.2. The van der Waals surface area contributed by atoms with Gasteiger partial charge >= 0.3 is 0 Å². The zero-order chi connectivity index (χ0) is 14.3. The third kappa shape index (κ3) is 2.08. The summed E-state index contributed by atoms with van der Waals surface area (Å²) in [5.41, 5.74) is 2.25. The Morgan fingerprint density at radius 3 is 2.95 bits per heavy atom. The molecule has 5 nitrogen and oxygen atoms in total. The van der Waals surface area contributed by atoms with Crippen molar-refractivity contribution in [2.45, 2.75) is 5.92 Å². The fraction of sp³-hybridized carbons (Fsp3) is 0.467. The van der Waals surface area contributed by atoms with Crippen LogP contribution in [0, 0.1) is 5.92 Å². The average Bonchev–Trinajstić information content (AvgIpc) is 2.78. The third-order valence-corrected chi connectivity index (χ3v) is 4.34. The Bertz CT molecular complexity index is 570. The first-order valence-corrected chi connectivity index (χ1v) is 6.93. The minimum atomic E-state index is -0.162. The molecule has 1 aromatic rings. The Labute approximate surface area is 118 Å². The van der Waals surface area contributed by atoms with E-state index in [2.05, 4.69) is 22.6 Å². The third-order valence-electron chi connectivity index (χ3n) is 4.34. The lowest BCUT2D eigenvalue weighted by Gasteiger charge is -2.16. The molecule has 5 heteroatoms. The van der Waals surface area contributed by atoms with E-state index in [1.165, 1.54) is 0 Å². The van der Waals surface area contributed by atoms with Gasteiger partial charge in [0, 0.05) is 43.7 Å². The summed E-state index contributed by atoms with van der Waals surface area (Å²) >= 11 is 0. The molecule has 2 atom stereocenters. The molecule has 2 aliphatic heterocycles. The van der Waals surface area contributed by atoms with Gasteiger partial charge in [0.25, 0.3) is 11.8 Å². The first-order chi connectivity index (χ1) is 9.60. The molecule has 1 aromatic carbocycles. The molecule has 0 saturated carbocycles. The summed E-state index contributed by atoms with van der Waals surface area (Å²) in [6, 6.07) is 5.47. The van der Waals surface area contributed by atoms with Gasteiger partial charge in [-0.3, -0.25) is 9.59 Å². The molecule has 0 bridgehead atoms. The number of hydrogen-bond acceptors (Lipinski definition) is 3. The van der Waals surface area contributed by atoms with Crippen molar-refractivity contribution in [3.63, 3.8) is 0 Å². The van der Waals surface area contributed by atoms with E-state index in [0.29, 0.717) is 29.5 Å². The number of likely N-dealkylation sites (tertiary alicyclic amines) is 1. The van der Waals surface area contributed by atoms with Crippen molar-refractivity contribution in [2.24, 2.45) is 5.92 Å². The van der Waals surface area contributed by atoms with Crippen LogP contribution < -0.4 is 10.6 Å². The van der Waals surface area contributed by atoms with E-state index >= 15 is 0 Å². The number of amides is 2. The molecule has 2 aliphatic rings. The molecule has 2 amide bonds. The zero-order valence-electron chi connectivity index (χ0n) is 11.8. The summed E-state index contributed by atoms with van der Waals surface area (Å²) < 4.78 is 0. The maximum absolute atomic E-state index is 12.2. The highest BCUT2D eigenvalue weighted by molar-refractivity contribution is 6.01. The maximum Gasteiger partial charge on any atom is 0.251 e. The second-order valence-corrected chi connectivity index (χ2v) is 5.68. The summed E-state index contributed by atoms with van der Waals surface area (Å²) in [6.45, 7) is 2.67. The summed E-state index contributed by atoms with van der Waals surface area (Å²) in [5, 5.41) is 5.57. The van der Waals surface area contributed by atoms with E-state index in [1.807, 2.05) is 12.1 Å². The van der Waals surface area contributed by atoms with Crippen LogP contribution in [0.4, 0.5) is 0 Å². The maximum atomic E-state index is 12.2. The van der Waals surface area contributed by atoms with Gasteiger partial charge < -0.3 is 15.5 Å². The fourth-order valence-electron chi connectivity index (χ4n) is 3.33. The Kier molecular flexibility index (Phi) is 3.22. The van der Waals surface area contributed by atoms with E-state index in [-0.39, 0.29) is 11.8 Å². The van der Waals surface area contributed by atoms with Crippen molar-refractivity contribution in [3.8, 4) is 0 Å². The Hall–Kier alpha value is -1.88. The van der Waals surface area contributed by atoms with Gasteiger partial charge in [-0.2, -0.15) is 0 Å². The number of carbonyl (C=O) groups is 2. The van der Waals surface area contributed by atoms with Crippen molar-refractivity contribution in [1.29, 1.82) is 0 Å². The SMILES string of the molecule is CNC(=O)c1ccc2c(c1)C(=O)NC[C@@H]1CN(C)C[C@@H]21. The lowest BCUT2D eigenvalue weighted by Crippen LogP contribution is -2.29. The quantitative estimate of drug-likeness (QED) is 0.780. The molecule has 106 valence electrons. The lowest BCUT2D eigenvalue weighted by molar-refractivity contribution is 0.0951. The normalized spacial score (nSPS) is 25.4. The van der Waals surface area contributed by atoms with E-state index in [0.717, 1.165) is 18.7 Å². The fourth-order valence-corrected chi connectivity index (χ4v) is 3.33. The predicted octanol–water partition coefficient (Wildman–Crippen LogP) is 0.435. The molecule has 0 unspecified atom stereocenters. The Morgan fingerprint density at radius 2 is 2.20 bits per heavy atom. The standard InChI is InChI=1S/C15H19N3O2/c1-16-14(19)9-3-4-11-12(5-9)15(20)17-6-10-7-18(2)8-13(10)11/h3-5,10,13H,6-8H2,1-2H3,(H,16,19)(H,17,20)/t10-,13-/m1/s1. The summed E-state index contributed by atoms with van der Waals surface area (Å²) in [4.78, 5) is 26.2. The molecule has 2 N–H and O–H groups in total. The Morgan fingerprint density at radius 1 is 1.40 bits per heavy atom. The van der Waals surface area contributed by atoms with E-state index in [1.54, 1.807) is 13.1 Å². The van der Waals surface area contributed by atoms with E-state index in [4.69, 9.17) is 0 Å². The van der Waals surface area contributed by atoms with Gasteiger partial charge in [0.2, 0.25) is 0 Å². The van der Waals surface area contributed by atoms with Gasteiger partial charge in [0.15, 0.2) is 0 Å². The number of likely N-dealkylation sites (N-methyl/N-ethyl adjacent to an activating group) is 1. The molecule has 0 aromatic heterocycles. The second-order valence-electron chi connectivity index (χ2n) is 5.68. The molecule has 20 heavy (non-hydrogen) atoms. The van der Waals surface area contributed by atoms with Crippen LogP contribution in [-0.4, -0.2) is 50.4 Å². The number of nitrogens with one attached hydrogen (secondary N) is 2. The molecule has 0 aliphatic carbocycles. The van der Waals surface area contributed by atoms with E-state index < -0.39 is 0 Å². The highest BCUT2D eigenvalue weighted by Crippen LogP contribution is 2.35. The predicted molar refractivity (Wildman–Crippen MR) is 75.9 cm³/mol. The van der Waals surface area contributed by atoms with Crippen molar-refractivity contribution in [1.82, 2.24) is 15.5 Å². The van der Waals surface area contributed by atoms with Gasteiger partial charge in [-0.05, 0) is 30.7 Å². The topological polar surface area (TPSA) is 61.4 Å². The van der Waals surface area contributed by atoms with Crippen LogP contribution in [0.25, 0.3) is 0 Å². The van der Waals surface area contributed by atoms with Gasteiger partial charge in [0.1, 0.15) is 0 Å². The van der Waals surface area contributed by atoms with Crippen molar-refractivity contribution in [2.75, 3.05) is 33.7 Å². The molecule has 3 rings (SSSR count). The van der Waals surface area contributed by atoms with Crippen LogP contribution in [0.2, 0.25) is 0 Å². The Balaban J connectivity index is 2.05. The number of rotatable bonds is 1. The largest absolute Gasteiger partial charge is 0.355 e. The van der Waals surface area contributed by atoms with Gasteiger partial charge in [0.05, 0.1) is 0 Å². The smallest absolute Gasteiger partial charge is 0.251 e. The van der Waals surface area contributed by atoms with Crippen LogP contribution >= 0.6 is 0 Å². The minimum Gasteiger partial charge on any atom is -0.355 e. The van der Waals surface area contributed by atoms with Crippen LogP contribution in [0.3, 0.4) is 0 Å². The number of nitrogens with zero attached hydrogens (tertiary/aromatic N) is 1. The minimum absolute atomic E-state index is 0.0668. The molecule has 1 saturated heterocycles. The number of fused-ring (bicyclic) bond motifs is 3. The van der Waals surface area contributed by atoms with Gasteiger partial charge in [-0.25, -0.2) is 0 Å². The summed E-state index contributed by atoms with van der Waals surface area (Å²) in [5.74, 6) is 0.594.